The molecule has 0 saturated carbocycles. The summed E-state index contributed by atoms with van der Waals surface area (Å²) in [7, 11) is 5.11. The Morgan fingerprint density at radius 2 is 1.89 bits per heavy atom. The van der Waals surface area contributed by atoms with Crippen LogP contribution < -0.4 is 15.2 Å². The molecule has 0 saturated heterocycles. The molecule has 2 aromatic rings. The minimum absolute atomic E-state index is 0.228. The van der Waals surface area contributed by atoms with E-state index in [0.29, 0.717) is 11.5 Å². The van der Waals surface area contributed by atoms with E-state index in [4.69, 9.17) is 15.2 Å². The molecule has 0 fully saturated rings. The molecule has 0 bridgehead atoms. The Morgan fingerprint density at radius 3 is 2.42 bits per heavy atom. The van der Waals surface area contributed by atoms with Gasteiger partial charge in [0.2, 0.25) is 0 Å². The van der Waals surface area contributed by atoms with Crippen molar-refractivity contribution in [1.82, 2.24) is 9.78 Å². The van der Waals surface area contributed by atoms with Gasteiger partial charge in [0.25, 0.3) is 0 Å². The molecule has 19 heavy (non-hydrogen) atoms. The van der Waals surface area contributed by atoms with E-state index in [-0.39, 0.29) is 6.04 Å². The van der Waals surface area contributed by atoms with Crippen molar-refractivity contribution in [1.29, 1.82) is 0 Å². The van der Waals surface area contributed by atoms with E-state index < -0.39 is 0 Å². The lowest BCUT2D eigenvalue weighted by Crippen LogP contribution is -2.12. The summed E-state index contributed by atoms with van der Waals surface area (Å²) in [6.45, 7) is 1.95. The van der Waals surface area contributed by atoms with Gasteiger partial charge in [-0.15, -0.1) is 0 Å². The molecular weight excluding hydrogens is 242 g/mol. The first-order valence-electron chi connectivity index (χ1n) is 6.04. The number of nitrogens with zero attached hydrogens (tertiary/aromatic N) is 2. The van der Waals surface area contributed by atoms with Crippen molar-refractivity contribution in [2.75, 3.05) is 14.2 Å². The first-order valence-corrected chi connectivity index (χ1v) is 6.04. The predicted molar refractivity (Wildman–Crippen MR) is 73.5 cm³/mol. The third-order valence-electron chi connectivity index (χ3n) is 3.15. The summed E-state index contributed by atoms with van der Waals surface area (Å²) < 4.78 is 12.3. The van der Waals surface area contributed by atoms with E-state index in [2.05, 4.69) is 5.10 Å². The van der Waals surface area contributed by atoms with Gasteiger partial charge in [0.05, 0.1) is 26.0 Å². The maximum absolute atomic E-state index is 6.30. The second kappa shape index (κ2) is 5.32. The van der Waals surface area contributed by atoms with Gasteiger partial charge in [-0.3, -0.25) is 4.68 Å². The number of methoxy groups -OCH3 is 2. The van der Waals surface area contributed by atoms with Gasteiger partial charge < -0.3 is 15.2 Å². The van der Waals surface area contributed by atoms with E-state index >= 15 is 0 Å². The molecule has 0 aliphatic carbocycles. The van der Waals surface area contributed by atoms with Crippen LogP contribution in [0.1, 0.15) is 22.9 Å². The van der Waals surface area contributed by atoms with E-state index in [0.717, 1.165) is 16.8 Å². The van der Waals surface area contributed by atoms with Crippen molar-refractivity contribution in [3.63, 3.8) is 0 Å². The molecule has 0 amide bonds. The molecular formula is C14H19N3O2. The Balaban J connectivity index is 2.39. The van der Waals surface area contributed by atoms with Crippen LogP contribution in [0.2, 0.25) is 0 Å². The Hall–Kier alpha value is -2.01. The molecule has 0 aliphatic rings. The zero-order chi connectivity index (χ0) is 14.0. The van der Waals surface area contributed by atoms with E-state index in [9.17, 15) is 0 Å². The van der Waals surface area contributed by atoms with Crippen molar-refractivity contribution >= 4 is 0 Å². The SMILES string of the molecule is COc1ccc(C(N)c2cn(C)nc2C)cc1OC. The number of nitrogens with two attached hydrogens (primary N) is 1. The highest BCUT2D eigenvalue weighted by atomic mass is 16.5. The van der Waals surface area contributed by atoms with Crippen molar-refractivity contribution in [3.8, 4) is 11.5 Å². The molecule has 2 N–H and O–H groups in total. The summed E-state index contributed by atoms with van der Waals surface area (Å²) in [4.78, 5) is 0. The van der Waals surface area contributed by atoms with Gasteiger partial charge in [0, 0.05) is 18.8 Å². The number of aromatic nitrogens is 2. The smallest absolute Gasteiger partial charge is 0.161 e. The Kier molecular flexibility index (Phi) is 3.76. The number of ether oxygens (including phenoxy) is 2. The van der Waals surface area contributed by atoms with Crippen molar-refractivity contribution in [2.24, 2.45) is 12.8 Å². The molecule has 0 aliphatic heterocycles. The number of aryl methyl sites for hydroxylation is 2. The summed E-state index contributed by atoms with van der Waals surface area (Å²) in [6.07, 6.45) is 1.94. The fourth-order valence-corrected chi connectivity index (χ4v) is 2.15. The number of rotatable bonds is 4. The predicted octanol–water partition coefficient (Wildman–Crippen LogP) is 1.79. The lowest BCUT2D eigenvalue weighted by molar-refractivity contribution is 0.354. The average Bonchev–Trinajstić information content (AvgIpc) is 2.76. The average molecular weight is 261 g/mol. The zero-order valence-electron chi connectivity index (χ0n) is 11.7. The zero-order valence-corrected chi connectivity index (χ0v) is 11.7. The molecule has 5 heteroatoms. The highest BCUT2D eigenvalue weighted by Crippen LogP contribution is 2.31. The third-order valence-corrected chi connectivity index (χ3v) is 3.15. The van der Waals surface area contributed by atoms with Crippen LogP contribution in [0, 0.1) is 6.92 Å². The molecule has 2 rings (SSSR count). The van der Waals surface area contributed by atoms with Gasteiger partial charge in [0.1, 0.15) is 0 Å². The van der Waals surface area contributed by atoms with Crippen molar-refractivity contribution in [2.45, 2.75) is 13.0 Å². The summed E-state index contributed by atoms with van der Waals surface area (Å²) in [5, 5.41) is 4.31. The Bertz CT molecular complexity index is 578. The normalized spacial score (nSPS) is 12.3. The van der Waals surface area contributed by atoms with Crippen LogP contribution in [0.4, 0.5) is 0 Å². The van der Waals surface area contributed by atoms with Gasteiger partial charge in [-0.1, -0.05) is 6.07 Å². The van der Waals surface area contributed by atoms with Crippen LogP contribution in [0.5, 0.6) is 11.5 Å². The third kappa shape index (κ3) is 2.56. The quantitative estimate of drug-likeness (QED) is 0.911. The largest absolute Gasteiger partial charge is 0.493 e. The Morgan fingerprint density at radius 1 is 1.21 bits per heavy atom. The maximum Gasteiger partial charge on any atom is 0.161 e. The summed E-state index contributed by atoms with van der Waals surface area (Å²) in [5.41, 5.74) is 9.21. The van der Waals surface area contributed by atoms with Crippen LogP contribution in [-0.4, -0.2) is 24.0 Å². The highest BCUT2D eigenvalue weighted by molar-refractivity contribution is 5.45. The fourth-order valence-electron chi connectivity index (χ4n) is 2.15. The van der Waals surface area contributed by atoms with Gasteiger partial charge in [-0.25, -0.2) is 0 Å². The monoisotopic (exact) mass is 261 g/mol. The van der Waals surface area contributed by atoms with Gasteiger partial charge >= 0.3 is 0 Å². The molecule has 1 aromatic heterocycles. The first-order chi connectivity index (χ1) is 9.06. The molecule has 0 radical (unpaired) electrons. The molecule has 5 nitrogen and oxygen atoms in total. The van der Waals surface area contributed by atoms with Crippen LogP contribution in [0.3, 0.4) is 0 Å². The minimum Gasteiger partial charge on any atom is -0.493 e. The first kappa shape index (κ1) is 13.4. The lowest BCUT2D eigenvalue weighted by atomic mass is 10.00. The molecule has 102 valence electrons. The van der Waals surface area contributed by atoms with Gasteiger partial charge in [-0.2, -0.15) is 5.10 Å². The van der Waals surface area contributed by atoms with Crippen LogP contribution >= 0.6 is 0 Å². The van der Waals surface area contributed by atoms with Gasteiger partial charge in [-0.05, 0) is 24.6 Å². The number of benzene rings is 1. The van der Waals surface area contributed by atoms with E-state index in [1.54, 1.807) is 18.9 Å². The molecule has 1 unspecified atom stereocenters. The molecule has 0 spiro atoms. The van der Waals surface area contributed by atoms with Crippen LogP contribution in [0.15, 0.2) is 24.4 Å². The molecule has 1 heterocycles. The van der Waals surface area contributed by atoms with Crippen LogP contribution in [-0.2, 0) is 7.05 Å². The Labute approximate surface area is 112 Å². The van der Waals surface area contributed by atoms with Crippen LogP contribution in [0.25, 0.3) is 0 Å². The van der Waals surface area contributed by atoms with E-state index in [1.807, 2.05) is 38.4 Å². The second-order valence-corrected chi connectivity index (χ2v) is 4.44. The topological polar surface area (TPSA) is 62.3 Å². The second-order valence-electron chi connectivity index (χ2n) is 4.44. The standard InChI is InChI=1S/C14H19N3O2/c1-9-11(8-17(2)16-9)14(15)10-5-6-12(18-3)13(7-10)19-4/h5-8,14H,15H2,1-4H3. The van der Waals surface area contributed by atoms with Crippen molar-refractivity contribution < 1.29 is 9.47 Å². The summed E-state index contributed by atoms with van der Waals surface area (Å²) in [6, 6.07) is 5.47. The molecule has 1 atom stereocenters. The fraction of sp³-hybridized carbons (Fsp3) is 0.357. The minimum atomic E-state index is -0.228. The summed E-state index contributed by atoms with van der Waals surface area (Å²) in [5.74, 6) is 1.37. The summed E-state index contributed by atoms with van der Waals surface area (Å²) >= 11 is 0. The van der Waals surface area contributed by atoms with E-state index in [1.165, 1.54) is 0 Å². The maximum atomic E-state index is 6.30. The molecule has 1 aromatic carbocycles. The number of hydrogen-bond acceptors (Lipinski definition) is 4. The van der Waals surface area contributed by atoms with Gasteiger partial charge in [0.15, 0.2) is 11.5 Å². The highest BCUT2D eigenvalue weighted by Gasteiger charge is 2.16. The van der Waals surface area contributed by atoms with Crippen molar-refractivity contribution in [3.05, 3.63) is 41.2 Å². The lowest BCUT2D eigenvalue weighted by Gasteiger charge is -2.14. The number of hydrogen-bond donors (Lipinski definition) is 1.